The van der Waals surface area contributed by atoms with Gasteiger partial charge in [0.2, 0.25) is 0 Å². The van der Waals surface area contributed by atoms with Crippen LogP contribution >= 0.6 is 0 Å². The van der Waals surface area contributed by atoms with Crippen LogP contribution in [0.5, 0.6) is 11.5 Å². The summed E-state index contributed by atoms with van der Waals surface area (Å²) in [6.07, 6.45) is 0. The Bertz CT molecular complexity index is 2220. The van der Waals surface area contributed by atoms with Crippen molar-refractivity contribution in [3.8, 4) is 22.6 Å². The number of amides is 2. The maximum atomic E-state index is 12.8. The molecule has 0 aliphatic rings. The van der Waals surface area contributed by atoms with Gasteiger partial charge in [0.15, 0.2) is 0 Å². The van der Waals surface area contributed by atoms with Crippen molar-refractivity contribution >= 4 is 47.1 Å². The fourth-order valence-electron chi connectivity index (χ4n) is 5.30. The maximum Gasteiger partial charge on any atom is 0.343 e. The highest BCUT2D eigenvalue weighted by atomic mass is 16.5. The standard InChI is InChI=1S/C44H32N2O10/c1-53-41(49)31-7-3-29(4-8-31)39(47)45-35-19-11-33(12-20-35)43(51)55-37-23-15-27(16-24-37)28-17-25-38(26-18-28)56-44(52)34-13-21-36(22-14-34)46-40(48)30-5-9-32(10-6-30)42(50)54-2/h3-26H,1-2H3,(H,45,47)(H,46,48). The quantitative estimate of drug-likeness (QED) is 0.0985. The molecule has 12 nitrogen and oxygen atoms in total. The predicted octanol–water partition coefficient (Wildman–Crippen LogP) is 7.87. The lowest BCUT2D eigenvalue weighted by molar-refractivity contribution is 0.0592. The second-order valence-corrected chi connectivity index (χ2v) is 12.0. The molecule has 12 heteroatoms. The van der Waals surface area contributed by atoms with Crippen LogP contribution in [-0.2, 0) is 9.47 Å². The average Bonchev–Trinajstić information content (AvgIpc) is 3.24. The molecule has 0 unspecified atom stereocenters. The van der Waals surface area contributed by atoms with Crippen LogP contribution in [0.1, 0.15) is 62.1 Å². The second kappa shape index (κ2) is 17.3. The fraction of sp³-hybridized carbons (Fsp3) is 0.0455. The van der Waals surface area contributed by atoms with Gasteiger partial charge in [0.25, 0.3) is 11.8 Å². The first kappa shape index (κ1) is 37.9. The smallest absolute Gasteiger partial charge is 0.343 e. The van der Waals surface area contributed by atoms with E-state index in [1.807, 2.05) is 0 Å². The predicted molar refractivity (Wildman–Crippen MR) is 206 cm³/mol. The van der Waals surface area contributed by atoms with Crippen molar-refractivity contribution < 1.29 is 47.7 Å². The highest BCUT2D eigenvalue weighted by molar-refractivity contribution is 6.06. The molecule has 56 heavy (non-hydrogen) atoms. The molecule has 6 aromatic carbocycles. The molecule has 2 N–H and O–H groups in total. The third-order valence-corrected chi connectivity index (χ3v) is 8.36. The van der Waals surface area contributed by atoms with Crippen molar-refractivity contribution in [2.75, 3.05) is 24.9 Å². The van der Waals surface area contributed by atoms with Crippen molar-refractivity contribution in [1.29, 1.82) is 0 Å². The van der Waals surface area contributed by atoms with Gasteiger partial charge in [0.1, 0.15) is 11.5 Å². The topological polar surface area (TPSA) is 163 Å². The molecule has 0 aromatic heterocycles. The van der Waals surface area contributed by atoms with Crippen LogP contribution in [0.3, 0.4) is 0 Å². The number of carbonyl (C=O) groups excluding carboxylic acids is 6. The SMILES string of the molecule is COC(=O)c1ccc(C(=O)Nc2ccc(C(=O)Oc3ccc(-c4ccc(OC(=O)c5ccc(NC(=O)c6ccc(C(=O)OC)cc6)cc5)cc4)cc3)cc2)cc1. The summed E-state index contributed by atoms with van der Waals surface area (Å²) in [6.45, 7) is 0. The Balaban J connectivity index is 0.976. The van der Waals surface area contributed by atoms with Gasteiger partial charge in [-0.2, -0.15) is 0 Å². The molecule has 6 aromatic rings. The van der Waals surface area contributed by atoms with Gasteiger partial charge < -0.3 is 29.6 Å². The van der Waals surface area contributed by atoms with Crippen LogP contribution in [0, 0.1) is 0 Å². The summed E-state index contributed by atoms with van der Waals surface area (Å²) in [4.78, 5) is 74.0. The van der Waals surface area contributed by atoms with Gasteiger partial charge in [-0.25, -0.2) is 19.2 Å². The molecule has 0 saturated carbocycles. The molecular weight excluding hydrogens is 716 g/mol. The van der Waals surface area contributed by atoms with Crippen molar-refractivity contribution in [3.05, 3.63) is 179 Å². The Morgan fingerprint density at radius 2 is 0.607 bits per heavy atom. The molecule has 0 atom stereocenters. The van der Waals surface area contributed by atoms with Gasteiger partial charge in [-0.3, -0.25) is 9.59 Å². The summed E-state index contributed by atoms with van der Waals surface area (Å²) in [7, 11) is 2.56. The first-order valence-corrected chi connectivity index (χ1v) is 16.9. The molecule has 0 radical (unpaired) electrons. The zero-order valence-electron chi connectivity index (χ0n) is 29.9. The molecule has 2 amide bonds. The lowest BCUT2D eigenvalue weighted by Gasteiger charge is -2.09. The third kappa shape index (κ3) is 9.38. The highest BCUT2D eigenvalue weighted by Crippen LogP contribution is 2.26. The number of methoxy groups -OCH3 is 2. The fourth-order valence-corrected chi connectivity index (χ4v) is 5.30. The van der Waals surface area contributed by atoms with E-state index in [1.54, 1.807) is 72.8 Å². The lowest BCUT2D eigenvalue weighted by atomic mass is 10.1. The summed E-state index contributed by atoms with van der Waals surface area (Å²) < 4.78 is 20.4. The Labute approximate surface area is 320 Å². The van der Waals surface area contributed by atoms with Gasteiger partial charge in [-0.05, 0) is 132 Å². The van der Waals surface area contributed by atoms with E-state index in [2.05, 4.69) is 20.1 Å². The second-order valence-electron chi connectivity index (χ2n) is 12.0. The lowest BCUT2D eigenvalue weighted by Crippen LogP contribution is -2.13. The summed E-state index contributed by atoms with van der Waals surface area (Å²) >= 11 is 0. The minimum atomic E-state index is -0.580. The van der Waals surface area contributed by atoms with Gasteiger partial charge in [0, 0.05) is 22.5 Å². The van der Waals surface area contributed by atoms with Crippen LogP contribution in [0.15, 0.2) is 146 Å². The van der Waals surface area contributed by atoms with E-state index < -0.39 is 23.9 Å². The third-order valence-electron chi connectivity index (χ3n) is 8.36. The Morgan fingerprint density at radius 3 is 0.911 bits per heavy atom. The minimum absolute atomic E-state index is 0.281. The number of rotatable bonds is 11. The van der Waals surface area contributed by atoms with E-state index >= 15 is 0 Å². The van der Waals surface area contributed by atoms with Crippen LogP contribution in [0.4, 0.5) is 11.4 Å². The van der Waals surface area contributed by atoms with E-state index in [-0.39, 0.29) is 22.9 Å². The number of anilines is 2. The first-order chi connectivity index (χ1) is 27.1. The molecule has 0 spiro atoms. The number of hydrogen-bond donors (Lipinski definition) is 2. The van der Waals surface area contributed by atoms with Crippen LogP contribution < -0.4 is 20.1 Å². The number of carbonyl (C=O) groups is 6. The summed E-state index contributed by atoms with van der Waals surface area (Å²) in [6, 6.07) is 38.3. The first-order valence-electron chi connectivity index (χ1n) is 16.9. The molecule has 0 saturated heterocycles. The summed E-state index contributed by atoms with van der Waals surface area (Å²) in [5, 5.41) is 5.48. The Kier molecular flexibility index (Phi) is 11.7. The molecule has 278 valence electrons. The van der Waals surface area contributed by atoms with Crippen molar-refractivity contribution in [2.45, 2.75) is 0 Å². The monoisotopic (exact) mass is 748 g/mol. The Hall–Kier alpha value is -7.86. The number of ether oxygens (including phenoxy) is 4. The summed E-state index contributed by atoms with van der Waals surface area (Å²) in [5.74, 6) is -2.27. The zero-order chi connectivity index (χ0) is 39.6. The van der Waals surface area contributed by atoms with E-state index in [4.69, 9.17) is 9.47 Å². The summed E-state index contributed by atoms with van der Waals surface area (Å²) in [5.41, 5.74) is 4.50. The highest BCUT2D eigenvalue weighted by Gasteiger charge is 2.14. The largest absolute Gasteiger partial charge is 0.465 e. The normalized spacial score (nSPS) is 10.4. The van der Waals surface area contributed by atoms with Gasteiger partial charge in [0.05, 0.1) is 36.5 Å². The molecule has 0 heterocycles. The Morgan fingerprint density at radius 1 is 0.339 bits per heavy atom. The van der Waals surface area contributed by atoms with E-state index in [9.17, 15) is 28.8 Å². The molecule has 6 rings (SSSR count). The molecular formula is C44H32N2O10. The van der Waals surface area contributed by atoms with Crippen LogP contribution in [0.25, 0.3) is 11.1 Å². The number of hydrogen-bond acceptors (Lipinski definition) is 10. The minimum Gasteiger partial charge on any atom is -0.465 e. The van der Waals surface area contributed by atoms with Gasteiger partial charge >= 0.3 is 23.9 Å². The van der Waals surface area contributed by atoms with Crippen molar-refractivity contribution in [3.63, 3.8) is 0 Å². The average molecular weight is 749 g/mol. The number of benzene rings is 6. The van der Waals surface area contributed by atoms with Crippen molar-refractivity contribution in [1.82, 2.24) is 0 Å². The molecule has 0 bridgehead atoms. The van der Waals surface area contributed by atoms with E-state index in [1.165, 1.54) is 87.0 Å². The number of esters is 4. The molecule has 0 aliphatic carbocycles. The number of nitrogens with one attached hydrogen (secondary N) is 2. The van der Waals surface area contributed by atoms with E-state index in [0.29, 0.717) is 45.1 Å². The molecule has 0 aliphatic heterocycles. The van der Waals surface area contributed by atoms with Crippen LogP contribution in [0.2, 0.25) is 0 Å². The van der Waals surface area contributed by atoms with Crippen molar-refractivity contribution in [2.24, 2.45) is 0 Å². The van der Waals surface area contributed by atoms with Crippen LogP contribution in [-0.4, -0.2) is 49.9 Å². The van der Waals surface area contributed by atoms with Gasteiger partial charge in [-0.15, -0.1) is 0 Å². The van der Waals surface area contributed by atoms with E-state index in [0.717, 1.165) is 11.1 Å². The molecule has 0 fully saturated rings. The maximum absolute atomic E-state index is 12.8. The van der Waals surface area contributed by atoms with Gasteiger partial charge in [-0.1, -0.05) is 24.3 Å². The zero-order valence-corrected chi connectivity index (χ0v) is 29.9.